The zero-order valence-electron chi connectivity index (χ0n) is 16.0. The number of hydrogen-bond acceptors (Lipinski definition) is 6. The standard InChI is InChI=1S/C22H18N2O4S2/c1-2-30(26,27)17-11-6-10-16(14-17)23-21(25)20-19(15-8-4-3-5-9-15)24-22(29-20)18-12-7-13-28-18/h3-14H,2H2,1H3,(H,23,25). The SMILES string of the molecule is CCS(=O)(=O)c1cccc(NC(=O)c2sc(-c3ccco3)nc2-c2ccccc2)c1. The highest BCUT2D eigenvalue weighted by Crippen LogP contribution is 2.34. The van der Waals surface area contributed by atoms with Crippen molar-refractivity contribution in [2.24, 2.45) is 0 Å². The first kappa shape index (κ1) is 20.1. The number of sulfone groups is 1. The second-order valence-electron chi connectivity index (χ2n) is 6.43. The normalized spacial score (nSPS) is 11.4. The van der Waals surface area contributed by atoms with Crippen molar-refractivity contribution in [2.75, 3.05) is 11.1 Å². The third-order valence-corrected chi connectivity index (χ3v) is 7.24. The number of benzene rings is 2. The number of furan rings is 1. The molecule has 152 valence electrons. The highest BCUT2D eigenvalue weighted by atomic mass is 32.2. The molecule has 4 aromatic rings. The summed E-state index contributed by atoms with van der Waals surface area (Å²) in [4.78, 5) is 18.3. The van der Waals surface area contributed by atoms with Gasteiger partial charge in [0.05, 0.1) is 22.6 Å². The molecular weight excluding hydrogens is 420 g/mol. The van der Waals surface area contributed by atoms with E-state index < -0.39 is 9.84 Å². The predicted octanol–water partition coefficient (Wildman–Crippen LogP) is 5.12. The summed E-state index contributed by atoms with van der Waals surface area (Å²) in [5.41, 5.74) is 1.75. The maximum atomic E-state index is 13.1. The first-order valence-electron chi connectivity index (χ1n) is 9.22. The van der Waals surface area contributed by atoms with E-state index in [0.29, 0.717) is 27.0 Å². The lowest BCUT2D eigenvalue weighted by atomic mass is 10.1. The molecule has 2 aromatic carbocycles. The molecule has 4 rings (SSSR count). The summed E-state index contributed by atoms with van der Waals surface area (Å²) in [6, 6.07) is 19.2. The summed E-state index contributed by atoms with van der Waals surface area (Å²) in [7, 11) is -3.37. The minimum absolute atomic E-state index is 0.0100. The Morgan fingerprint density at radius 3 is 2.57 bits per heavy atom. The molecule has 0 unspecified atom stereocenters. The van der Waals surface area contributed by atoms with Gasteiger partial charge in [0.2, 0.25) is 0 Å². The molecule has 2 aromatic heterocycles. The summed E-state index contributed by atoms with van der Waals surface area (Å²) >= 11 is 1.22. The number of amides is 1. The van der Waals surface area contributed by atoms with Crippen molar-refractivity contribution in [3.8, 4) is 22.0 Å². The largest absolute Gasteiger partial charge is 0.462 e. The van der Waals surface area contributed by atoms with Crippen molar-refractivity contribution in [3.63, 3.8) is 0 Å². The molecule has 8 heteroatoms. The van der Waals surface area contributed by atoms with E-state index in [2.05, 4.69) is 10.3 Å². The Morgan fingerprint density at radius 2 is 1.87 bits per heavy atom. The van der Waals surface area contributed by atoms with Crippen LogP contribution in [0.5, 0.6) is 0 Å². The van der Waals surface area contributed by atoms with Gasteiger partial charge < -0.3 is 9.73 Å². The number of carbonyl (C=O) groups excluding carboxylic acids is 1. The molecule has 0 fully saturated rings. The van der Waals surface area contributed by atoms with Crippen LogP contribution < -0.4 is 5.32 Å². The van der Waals surface area contributed by atoms with E-state index in [0.717, 1.165) is 5.56 Å². The summed E-state index contributed by atoms with van der Waals surface area (Å²) < 4.78 is 29.7. The lowest BCUT2D eigenvalue weighted by Gasteiger charge is -2.08. The maximum absolute atomic E-state index is 13.1. The second kappa shape index (κ2) is 8.25. The van der Waals surface area contributed by atoms with Crippen LogP contribution in [0.3, 0.4) is 0 Å². The van der Waals surface area contributed by atoms with Crippen LogP contribution in [0.15, 0.2) is 82.3 Å². The Balaban J connectivity index is 1.71. The lowest BCUT2D eigenvalue weighted by molar-refractivity contribution is 0.103. The van der Waals surface area contributed by atoms with Gasteiger partial charge in [-0.05, 0) is 30.3 Å². The molecule has 0 saturated carbocycles. The first-order valence-corrected chi connectivity index (χ1v) is 11.7. The Morgan fingerprint density at radius 1 is 1.07 bits per heavy atom. The number of anilines is 1. The molecule has 0 bridgehead atoms. The molecule has 0 aliphatic rings. The second-order valence-corrected chi connectivity index (χ2v) is 9.70. The maximum Gasteiger partial charge on any atom is 0.268 e. The van der Waals surface area contributed by atoms with Crippen LogP contribution in [0.4, 0.5) is 5.69 Å². The smallest absolute Gasteiger partial charge is 0.268 e. The number of aromatic nitrogens is 1. The minimum Gasteiger partial charge on any atom is -0.462 e. The van der Waals surface area contributed by atoms with Crippen LogP contribution in [0.25, 0.3) is 22.0 Å². The molecule has 0 aliphatic heterocycles. The van der Waals surface area contributed by atoms with Gasteiger partial charge in [0, 0.05) is 11.3 Å². The molecule has 1 amide bonds. The summed E-state index contributed by atoms with van der Waals surface area (Å²) in [5, 5.41) is 3.39. The zero-order valence-corrected chi connectivity index (χ0v) is 17.7. The number of hydrogen-bond donors (Lipinski definition) is 1. The number of carbonyl (C=O) groups is 1. The van der Waals surface area contributed by atoms with Crippen LogP contribution in [0.2, 0.25) is 0 Å². The van der Waals surface area contributed by atoms with Gasteiger partial charge in [0.25, 0.3) is 5.91 Å². The van der Waals surface area contributed by atoms with Crippen LogP contribution in [0.1, 0.15) is 16.6 Å². The van der Waals surface area contributed by atoms with Crippen LogP contribution in [-0.2, 0) is 9.84 Å². The van der Waals surface area contributed by atoms with E-state index in [-0.39, 0.29) is 16.6 Å². The molecule has 0 saturated heterocycles. The van der Waals surface area contributed by atoms with Gasteiger partial charge in [-0.25, -0.2) is 13.4 Å². The third kappa shape index (κ3) is 4.05. The fourth-order valence-electron chi connectivity index (χ4n) is 2.89. The van der Waals surface area contributed by atoms with E-state index in [1.807, 2.05) is 30.3 Å². The number of nitrogens with one attached hydrogen (secondary N) is 1. The fourth-order valence-corrected chi connectivity index (χ4v) is 4.77. The van der Waals surface area contributed by atoms with Gasteiger partial charge in [-0.15, -0.1) is 11.3 Å². The van der Waals surface area contributed by atoms with Gasteiger partial charge >= 0.3 is 0 Å². The van der Waals surface area contributed by atoms with Crippen molar-refractivity contribution in [1.29, 1.82) is 0 Å². The monoisotopic (exact) mass is 438 g/mol. The average Bonchev–Trinajstić information content (AvgIpc) is 3.44. The Kier molecular flexibility index (Phi) is 5.52. The van der Waals surface area contributed by atoms with Crippen LogP contribution in [-0.4, -0.2) is 25.1 Å². The van der Waals surface area contributed by atoms with E-state index in [1.54, 1.807) is 37.5 Å². The van der Waals surface area contributed by atoms with Gasteiger partial charge in [-0.3, -0.25) is 4.79 Å². The molecule has 0 aliphatic carbocycles. The molecule has 0 radical (unpaired) electrons. The molecule has 2 heterocycles. The quantitative estimate of drug-likeness (QED) is 0.451. The Bertz CT molecular complexity index is 1280. The fraction of sp³-hybridized carbons (Fsp3) is 0.0909. The Hall–Kier alpha value is -3.23. The van der Waals surface area contributed by atoms with Gasteiger partial charge in [-0.2, -0.15) is 0 Å². The van der Waals surface area contributed by atoms with Gasteiger partial charge in [0.1, 0.15) is 4.88 Å². The molecular formula is C22H18N2O4S2. The van der Waals surface area contributed by atoms with E-state index >= 15 is 0 Å². The predicted molar refractivity (Wildman–Crippen MR) is 117 cm³/mol. The zero-order chi connectivity index (χ0) is 21.1. The first-order chi connectivity index (χ1) is 14.5. The lowest BCUT2D eigenvalue weighted by Crippen LogP contribution is -2.12. The number of thiazole rings is 1. The molecule has 0 atom stereocenters. The molecule has 1 N–H and O–H groups in total. The highest BCUT2D eigenvalue weighted by Gasteiger charge is 2.22. The van der Waals surface area contributed by atoms with Crippen molar-refractivity contribution < 1.29 is 17.6 Å². The average molecular weight is 439 g/mol. The van der Waals surface area contributed by atoms with Crippen molar-refractivity contribution in [3.05, 3.63) is 77.9 Å². The van der Waals surface area contributed by atoms with Crippen LogP contribution >= 0.6 is 11.3 Å². The number of rotatable bonds is 6. The minimum atomic E-state index is -3.37. The topological polar surface area (TPSA) is 89.3 Å². The Labute approximate surface area is 178 Å². The molecule has 6 nitrogen and oxygen atoms in total. The summed E-state index contributed by atoms with van der Waals surface area (Å²) in [6.45, 7) is 1.58. The molecule has 30 heavy (non-hydrogen) atoms. The third-order valence-electron chi connectivity index (χ3n) is 4.44. The van der Waals surface area contributed by atoms with E-state index in [4.69, 9.17) is 4.42 Å². The van der Waals surface area contributed by atoms with Gasteiger partial charge in [-0.1, -0.05) is 43.3 Å². The van der Waals surface area contributed by atoms with Crippen molar-refractivity contribution >= 4 is 32.8 Å². The highest BCUT2D eigenvalue weighted by molar-refractivity contribution is 7.91. The summed E-state index contributed by atoms with van der Waals surface area (Å²) in [5.74, 6) is 0.201. The van der Waals surface area contributed by atoms with Crippen molar-refractivity contribution in [1.82, 2.24) is 4.98 Å². The van der Waals surface area contributed by atoms with Crippen LogP contribution in [0, 0.1) is 0 Å². The molecule has 0 spiro atoms. The van der Waals surface area contributed by atoms with E-state index in [9.17, 15) is 13.2 Å². The van der Waals surface area contributed by atoms with Crippen molar-refractivity contribution in [2.45, 2.75) is 11.8 Å². The van der Waals surface area contributed by atoms with Gasteiger partial charge in [0.15, 0.2) is 20.6 Å². The summed E-state index contributed by atoms with van der Waals surface area (Å²) in [6.07, 6.45) is 1.55. The van der Waals surface area contributed by atoms with E-state index in [1.165, 1.54) is 23.5 Å². The number of nitrogens with zero attached hydrogens (tertiary/aromatic N) is 1.